The van der Waals surface area contributed by atoms with Gasteiger partial charge in [0.15, 0.2) is 0 Å². The Morgan fingerprint density at radius 1 is 1.19 bits per heavy atom. The van der Waals surface area contributed by atoms with Crippen molar-refractivity contribution in [1.82, 2.24) is 14.5 Å². The Hall–Kier alpha value is -1.14. The molecule has 0 amide bonds. The van der Waals surface area contributed by atoms with Crippen molar-refractivity contribution >= 4 is 45.2 Å². The highest BCUT2D eigenvalue weighted by Crippen LogP contribution is 2.20. The van der Waals surface area contributed by atoms with Crippen LogP contribution in [0, 0.1) is 3.57 Å². The van der Waals surface area contributed by atoms with Crippen molar-refractivity contribution in [2.75, 3.05) is 5.88 Å². The molecular formula is C16H15ClIN3. The van der Waals surface area contributed by atoms with Crippen molar-refractivity contribution in [3.8, 4) is 0 Å². The van der Waals surface area contributed by atoms with Gasteiger partial charge in [-0.15, -0.1) is 11.6 Å². The van der Waals surface area contributed by atoms with Gasteiger partial charge in [-0.1, -0.05) is 6.07 Å². The molecule has 0 aliphatic carbocycles. The number of fused-ring (bicyclic) bond motifs is 1. The molecule has 2 heterocycles. The fourth-order valence-corrected chi connectivity index (χ4v) is 3.11. The van der Waals surface area contributed by atoms with E-state index < -0.39 is 0 Å². The molecule has 21 heavy (non-hydrogen) atoms. The minimum absolute atomic E-state index is 0.591. The van der Waals surface area contributed by atoms with Gasteiger partial charge in [0.25, 0.3) is 0 Å². The molecule has 3 nitrogen and oxygen atoms in total. The smallest absolute Gasteiger partial charge is 0.111 e. The summed E-state index contributed by atoms with van der Waals surface area (Å²) in [5.41, 5.74) is 3.47. The average Bonchev–Trinajstić information content (AvgIpc) is 2.83. The Balaban J connectivity index is 1.93. The monoisotopic (exact) mass is 411 g/mol. The van der Waals surface area contributed by atoms with Gasteiger partial charge in [-0.2, -0.15) is 0 Å². The zero-order chi connectivity index (χ0) is 14.7. The number of rotatable bonds is 5. The lowest BCUT2D eigenvalue weighted by Gasteiger charge is -2.08. The second-order valence-corrected chi connectivity index (χ2v) is 6.49. The van der Waals surface area contributed by atoms with Crippen LogP contribution in [0.2, 0.25) is 0 Å². The summed E-state index contributed by atoms with van der Waals surface area (Å²) in [5.74, 6) is 1.65. The van der Waals surface area contributed by atoms with E-state index in [0.29, 0.717) is 5.88 Å². The first-order valence-electron chi connectivity index (χ1n) is 6.87. The zero-order valence-electron chi connectivity index (χ0n) is 11.5. The van der Waals surface area contributed by atoms with Crippen LogP contribution in [0.3, 0.4) is 0 Å². The first-order valence-corrected chi connectivity index (χ1v) is 8.49. The molecule has 0 aliphatic rings. The molecular weight excluding hydrogens is 397 g/mol. The number of nitrogens with zero attached hydrogens (tertiary/aromatic N) is 3. The van der Waals surface area contributed by atoms with E-state index in [0.717, 1.165) is 30.7 Å². The maximum Gasteiger partial charge on any atom is 0.111 e. The summed E-state index contributed by atoms with van der Waals surface area (Å²) in [6.45, 7) is 0.898. The molecule has 108 valence electrons. The van der Waals surface area contributed by atoms with E-state index in [9.17, 15) is 0 Å². The molecule has 1 aromatic carbocycles. The molecule has 0 saturated carbocycles. The second kappa shape index (κ2) is 6.75. The lowest BCUT2D eigenvalue weighted by molar-refractivity contribution is 0.674. The SMILES string of the molecule is ClCCc1nc2cc(I)ccc2n1CCc1cccnc1. The summed E-state index contributed by atoms with van der Waals surface area (Å²) in [6, 6.07) is 10.5. The van der Waals surface area contributed by atoms with Gasteiger partial charge in [-0.05, 0) is 58.8 Å². The molecule has 2 aromatic heterocycles. The lowest BCUT2D eigenvalue weighted by Crippen LogP contribution is -2.07. The van der Waals surface area contributed by atoms with Gasteiger partial charge in [0, 0.05) is 34.8 Å². The van der Waals surface area contributed by atoms with Crippen LogP contribution in [0.25, 0.3) is 11.0 Å². The molecule has 0 bridgehead atoms. The van der Waals surface area contributed by atoms with E-state index in [1.165, 1.54) is 14.7 Å². The maximum absolute atomic E-state index is 5.92. The highest BCUT2D eigenvalue weighted by molar-refractivity contribution is 14.1. The molecule has 3 aromatic rings. The summed E-state index contributed by atoms with van der Waals surface area (Å²) < 4.78 is 3.48. The minimum atomic E-state index is 0.591. The number of pyridine rings is 1. The normalized spacial score (nSPS) is 11.1. The third kappa shape index (κ3) is 3.37. The van der Waals surface area contributed by atoms with Crippen LogP contribution in [-0.4, -0.2) is 20.4 Å². The maximum atomic E-state index is 5.92. The molecule has 0 spiro atoms. The Labute approximate surface area is 142 Å². The third-order valence-electron chi connectivity index (χ3n) is 3.45. The fourth-order valence-electron chi connectivity index (χ4n) is 2.46. The molecule has 0 radical (unpaired) electrons. The van der Waals surface area contributed by atoms with Crippen molar-refractivity contribution in [3.05, 3.63) is 57.7 Å². The van der Waals surface area contributed by atoms with Crippen LogP contribution >= 0.6 is 34.2 Å². The topological polar surface area (TPSA) is 30.7 Å². The lowest BCUT2D eigenvalue weighted by atomic mass is 10.2. The molecule has 0 atom stereocenters. The van der Waals surface area contributed by atoms with Crippen molar-refractivity contribution in [3.63, 3.8) is 0 Å². The van der Waals surface area contributed by atoms with E-state index in [4.69, 9.17) is 16.6 Å². The van der Waals surface area contributed by atoms with Gasteiger partial charge in [-0.25, -0.2) is 4.98 Å². The average molecular weight is 412 g/mol. The van der Waals surface area contributed by atoms with E-state index in [1.54, 1.807) is 6.20 Å². The largest absolute Gasteiger partial charge is 0.328 e. The number of benzene rings is 1. The summed E-state index contributed by atoms with van der Waals surface area (Å²) in [7, 11) is 0. The summed E-state index contributed by atoms with van der Waals surface area (Å²) >= 11 is 8.24. The predicted octanol–water partition coefficient (Wildman–Crippen LogP) is 4.06. The van der Waals surface area contributed by atoms with Gasteiger partial charge in [-0.3, -0.25) is 4.98 Å². The summed E-state index contributed by atoms with van der Waals surface area (Å²) in [4.78, 5) is 8.90. The summed E-state index contributed by atoms with van der Waals surface area (Å²) in [6.07, 6.45) is 5.46. The van der Waals surface area contributed by atoms with Gasteiger partial charge in [0.1, 0.15) is 5.82 Å². The van der Waals surface area contributed by atoms with Gasteiger partial charge in [0.05, 0.1) is 11.0 Å². The minimum Gasteiger partial charge on any atom is -0.328 e. The van der Waals surface area contributed by atoms with Crippen LogP contribution in [0.5, 0.6) is 0 Å². The quantitative estimate of drug-likeness (QED) is 0.468. The second-order valence-electron chi connectivity index (χ2n) is 4.86. The van der Waals surface area contributed by atoms with Crippen LogP contribution in [0.1, 0.15) is 11.4 Å². The first-order chi connectivity index (χ1) is 10.3. The molecule has 0 unspecified atom stereocenters. The van der Waals surface area contributed by atoms with Crippen LogP contribution < -0.4 is 0 Å². The standard InChI is InChI=1S/C16H15ClIN3/c17-7-5-16-20-14-10-13(18)3-4-15(14)21(16)9-6-12-2-1-8-19-11-12/h1-4,8,10-11H,5-7,9H2. The van der Waals surface area contributed by atoms with Crippen LogP contribution in [0.15, 0.2) is 42.7 Å². The van der Waals surface area contributed by atoms with Gasteiger partial charge >= 0.3 is 0 Å². The Bertz CT molecular complexity index is 740. The number of hydrogen-bond acceptors (Lipinski definition) is 2. The number of hydrogen-bond donors (Lipinski definition) is 0. The van der Waals surface area contributed by atoms with Gasteiger partial charge < -0.3 is 4.57 Å². The number of imidazole rings is 1. The zero-order valence-corrected chi connectivity index (χ0v) is 14.4. The molecule has 3 rings (SSSR count). The molecule has 0 saturated heterocycles. The number of halogens is 2. The van der Waals surface area contributed by atoms with E-state index >= 15 is 0 Å². The van der Waals surface area contributed by atoms with Crippen molar-refractivity contribution in [1.29, 1.82) is 0 Å². The van der Waals surface area contributed by atoms with Crippen LogP contribution in [0.4, 0.5) is 0 Å². The first kappa shape index (κ1) is 14.8. The molecule has 0 fully saturated rings. The van der Waals surface area contributed by atoms with Crippen molar-refractivity contribution in [2.45, 2.75) is 19.4 Å². The third-order valence-corrected chi connectivity index (χ3v) is 4.31. The molecule has 0 N–H and O–H groups in total. The number of alkyl halides is 1. The Morgan fingerprint density at radius 3 is 2.86 bits per heavy atom. The van der Waals surface area contributed by atoms with Gasteiger partial charge in [0.2, 0.25) is 0 Å². The van der Waals surface area contributed by atoms with E-state index in [-0.39, 0.29) is 0 Å². The number of aromatic nitrogens is 3. The Kier molecular flexibility index (Phi) is 4.75. The summed E-state index contributed by atoms with van der Waals surface area (Å²) in [5, 5.41) is 0. The van der Waals surface area contributed by atoms with Crippen LogP contribution in [-0.2, 0) is 19.4 Å². The van der Waals surface area contributed by atoms with Crippen molar-refractivity contribution < 1.29 is 0 Å². The number of aryl methyl sites for hydroxylation is 3. The molecule has 5 heteroatoms. The molecule has 0 aliphatic heterocycles. The fraction of sp³-hybridized carbons (Fsp3) is 0.250. The highest BCUT2D eigenvalue weighted by atomic mass is 127. The van der Waals surface area contributed by atoms with E-state index in [2.05, 4.69) is 56.4 Å². The highest BCUT2D eigenvalue weighted by Gasteiger charge is 2.10. The van der Waals surface area contributed by atoms with Crippen molar-refractivity contribution in [2.24, 2.45) is 0 Å². The Morgan fingerprint density at radius 2 is 2.10 bits per heavy atom. The predicted molar refractivity (Wildman–Crippen MR) is 94.8 cm³/mol. The van der Waals surface area contributed by atoms with E-state index in [1.807, 2.05) is 12.3 Å².